The van der Waals surface area contributed by atoms with E-state index in [-0.39, 0.29) is 0 Å². The average Bonchev–Trinajstić information content (AvgIpc) is 2.35. The van der Waals surface area contributed by atoms with Crippen LogP contribution in [0, 0.1) is 5.41 Å². The quantitative estimate of drug-likeness (QED) is 0.782. The van der Waals surface area contributed by atoms with Crippen molar-refractivity contribution in [2.75, 3.05) is 23.7 Å². The Labute approximate surface area is 120 Å². The van der Waals surface area contributed by atoms with E-state index in [2.05, 4.69) is 18.7 Å². The highest BCUT2D eigenvalue weighted by Crippen LogP contribution is 2.43. The van der Waals surface area contributed by atoms with Crippen molar-refractivity contribution in [2.24, 2.45) is 5.41 Å². The standard InChI is InChI=1S/C16H24N2O2/c1-3-7-16(8-4-2)10-18(11-16)14-6-5-12(17)9-13(14)15(19)20/h5-6,9H,3-4,7-8,10-11,17H2,1-2H3,(H,19,20). The van der Waals surface area contributed by atoms with E-state index in [9.17, 15) is 9.90 Å². The van der Waals surface area contributed by atoms with Crippen LogP contribution in [0.2, 0.25) is 0 Å². The van der Waals surface area contributed by atoms with Gasteiger partial charge in [0.05, 0.1) is 11.3 Å². The lowest BCUT2D eigenvalue weighted by Gasteiger charge is -2.52. The first-order valence-corrected chi connectivity index (χ1v) is 7.39. The number of carbonyl (C=O) groups is 1. The van der Waals surface area contributed by atoms with E-state index in [0.29, 0.717) is 16.7 Å². The van der Waals surface area contributed by atoms with E-state index in [0.717, 1.165) is 18.8 Å². The van der Waals surface area contributed by atoms with Crippen LogP contribution in [-0.4, -0.2) is 24.2 Å². The zero-order valence-electron chi connectivity index (χ0n) is 12.4. The van der Waals surface area contributed by atoms with Gasteiger partial charge in [-0.2, -0.15) is 0 Å². The smallest absolute Gasteiger partial charge is 0.337 e. The number of nitrogen functional groups attached to an aromatic ring is 1. The number of nitrogens with zero attached hydrogens (tertiary/aromatic N) is 1. The maximum Gasteiger partial charge on any atom is 0.337 e. The monoisotopic (exact) mass is 276 g/mol. The van der Waals surface area contributed by atoms with Crippen molar-refractivity contribution >= 4 is 17.3 Å². The number of aromatic carboxylic acids is 1. The lowest BCUT2D eigenvalue weighted by molar-refractivity contribution is 0.0696. The largest absolute Gasteiger partial charge is 0.478 e. The van der Waals surface area contributed by atoms with Crippen molar-refractivity contribution in [3.05, 3.63) is 23.8 Å². The van der Waals surface area contributed by atoms with Crippen molar-refractivity contribution < 1.29 is 9.90 Å². The van der Waals surface area contributed by atoms with Crippen LogP contribution in [0.1, 0.15) is 49.9 Å². The Balaban J connectivity index is 2.17. The molecule has 0 unspecified atom stereocenters. The van der Waals surface area contributed by atoms with E-state index in [1.807, 2.05) is 6.07 Å². The molecule has 20 heavy (non-hydrogen) atoms. The summed E-state index contributed by atoms with van der Waals surface area (Å²) in [6.07, 6.45) is 4.80. The van der Waals surface area contributed by atoms with E-state index in [4.69, 9.17) is 5.73 Å². The zero-order valence-corrected chi connectivity index (χ0v) is 12.4. The molecule has 1 aliphatic rings. The predicted octanol–water partition coefficient (Wildman–Crippen LogP) is 3.37. The van der Waals surface area contributed by atoms with Crippen LogP contribution in [0.4, 0.5) is 11.4 Å². The van der Waals surface area contributed by atoms with Crippen molar-refractivity contribution in [1.82, 2.24) is 0 Å². The van der Waals surface area contributed by atoms with Crippen LogP contribution in [0.15, 0.2) is 18.2 Å². The topological polar surface area (TPSA) is 66.6 Å². The number of rotatable bonds is 6. The summed E-state index contributed by atoms with van der Waals surface area (Å²) in [6, 6.07) is 5.17. The van der Waals surface area contributed by atoms with Crippen LogP contribution in [0.5, 0.6) is 0 Å². The molecule has 0 spiro atoms. The molecule has 0 aliphatic carbocycles. The SMILES string of the molecule is CCCC1(CCC)CN(c2ccc(N)cc2C(=O)O)C1. The number of anilines is 2. The van der Waals surface area contributed by atoms with Gasteiger partial charge in [0.25, 0.3) is 0 Å². The molecular formula is C16H24N2O2. The molecule has 4 heteroatoms. The average molecular weight is 276 g/mol. The summed E-state index contributed by atoms with van der Waals surface area (Å²) in [5.74, 6) is -0.907. The highest BCUT2D eigenvalue weighted by molar-refractivity contribution is 5.95. The summed E-state index contributed by atoms with van der Waals surface area (Å²) in [6.45, 7) is 6.34. The van der Waals surface area contributed by atoms with E-state index in [1.54, 1.807) is 12.1 Å². The molecule has 1 saturated heterocycles. The van der Waals surface area contributed by atoms with Crippen LogP contribution in [0.25, 0.3) is 0 Å². The number of benzene rings is 1. The van der Waals surface area contributed by atoms with Crippen LogP contribution in [-0.2, 0) is 0 Å². The fraction of sp³-hybridized carbons (Fsp3) is 0.562. The number of carboxylic acids is 1. The molecule has 110 valence electrons. The first-order valence-electron chi connectivity index (χ1n) is 7.39. The minimum absolute atomic E-state index is 0.312. The summed E-state index contributed by atoms with van der Waals surface area (Å²) < 4.78 is 0. The number of carboxylic acid groups (broad SMARTS) is 1. The molecule has 0 amide bonds. The first-order chi connectivity index (χ1) is 9.51. The van der Waals surface area contributed by atoms with Gasteiger partial charge in [-0.15, -0.1) is 0 Å². The lowest BCUT2D eigenvalue weighted by atomic mass is 9.72. The summed E-state index contributed by atoms with van der Waals surface area (Å²) in [4.78, 5) is 13.5. The van der Waals surface area contributed by atoms with E-state index < -0.39 is 5.97 Å². The van der Waals surface area contributed by atoms with Crippen molar-refractivity contribution in [3.8, 4) is 0 Å². The first kappa shape index (κ1) is 14.7. The van der Waals surface area contributed by atoms with Crippen molar-refractivity contribution in [2.45, 2.75) is 39.5 Å². The Hall–Kier alpha value is -1.71. The third kappa shape index (κ3) is 2.74. The van der Waals surface area contributed by atoms with Crippen molar-refractivity contribution in [1.29, 1.82) is 0 Å². The number of hydrogen-bond acceptors (Lipinski definition) is 3. The minimum atomic E-state index is -0.907. The Bertz CT molecular complexity index is 485. The molecule has 0 aromatic heterocycles. The molecule has 0 bridgehead atoms. The predicted molar refractivity (Wildman–Crippen MR) is 82.3 cm³/mol. The van der Waals surface area contributed by atoms with Gasteiger partial charge in [0.1, 0.15) is 0 Å². The molecule has 3 N–H and O–H groups in total. The molecule has 0 saturated carbocycles. The van der Waals surface area contributed by atoms with Gasteiger partial charge in [0, 0.05) is 24.2 Å². The Morgan fingerprint density at radius 1 is 1.30 bits per heavy atom. The second-order valence-corrected chi connectivity index (χ2v) is 5.94. The lowest BCUT2D eigenvalue weighted by Crippen LogP contribution is -2.56. The highest BCUT2D eigenvalue weighted by atomic mass is 16.4. The summed E-state index contributed by atoms with van der Waals surface area (Å²) in [7, 11) is 0. The van der Waals surface area contributed by atoms with Gasteiger partial charge in [0.15, 0.2) is 0 Å². The zero-order chi connectivity index (χ0) is 14.8. The van der Waals surface area contributed by atoms with Gasteiger partial charge in [-0.3, -0.25) is 0 Å². The molecule has 2 rings (SSSR count). The minimum Gasteiger partial charge on any atom is -0.478 e. The molecule has 1 aromatic carbocycles. The molecule has 0 atom stereocenters. The van der Waals surface area contributed by atoms with Crippen LogP contribution in [0.3, 0.4) is 0 Å². The highest BCUT2D eigenvalue weighted by Gasteiger charge is 2.42. The maximum absolute atomic E-state index is 11.3. The Morgan fingerprint density at radius 2 is 1.90 bits per heavy atom. The molecule has 1 aliphatic heterocycles. The second kappa shape index (κ2) is 5.73. The van der Waals surface area contributed by atoms with Gasteiger partial charge in [0.2, 0.25) is 0 Å². The summed E-state index contributed by atoms with van der Waals surface area (Å²) in [5, 5.41) is 9.31. The van der Waals surface area contributed by atoms with Gasteiger partial charge >= 0.3 is 5.97 Å². The van der Waals surface area contributed by atoms with Crippen LogP contribution < -0.4 is 10.6 Å². The maximum atomic E-state index is 11.3. The molecule has 4 nitrogen and oxygen atoms in total. The fourth-order valence-corrected chi connectivity index (χ4v) is 3.44. The third-order valence-electron chi connectivity index (χ3n) is 4.20. The number of hydrogen-bond donors (Lipinski definition) is 2. The molecular weight excluding hydrogens is 252 g/mol. The summed E-state index contributed by atoms with van der Waals surface area (Å²) >= 11 is 0. The van der Waals surface area contributed by atoms with Crippen molar-refractivity contribution in [3.63, 3.8) is 0 Å². The van der Waals surface area contributed by atoms with Gasteiger partial charge in [-0.25, -0.2) is 4.79 Å². The molecule has 1 heterocycles. The van der Waals surface area contributed by atoms with Gasteiger partial charge in [-0.05, 0) is 31.0 Å². The Morgan fingerprint density at radius 3 is 2.40 bits per heavy atom. The van der Waals surface area contributed by atoms with E-state index >= 15 is 0 Å². The fourth-order valence-electron chi connectivity index (χ4n) is 3.44. The molecule has 1 aromatic rings. The molecule has 1 fully saturated rings. The summed E-state index contributed by atoms with van der Waals surface area (Å²) in [5.41, 5.74) is 7.68. The van der Waals surface area contributed by atoms with Crippen LogP contribution >= 0.6 is 0 Å². The van der Waals surface area contributed by atoms with Gasteiger partial charge in [-0.1, -0.05) is 26.7 Å². The second-order valence-electron chi connectivity index (χ2n) is 5.94. The van der Waals surface area contributed by atoms with Gasteiger partial charge < -0.3 is 15.7 Å². The Kier molecular flexibility index (Phi) is 4.21. The molecule has 0 radical (unpaired) electrons. The normalized spacial score (nSPS) is 16.8. The number of nitrogens with two attached hydrogens (primary N) is 1. The van der Waals surface area contributed by atoms with E-state index in [1.165, 1.54) is 25.7 Å². The third-order valence-corrected chi connectivity index (χ3v) is 4.20.